The molecule has 1 rings (SSSR count). The lowest BCUT2D eigenvalue weighted by molar-refractivity contribution is 0.414. The zero-order chi connectivity index (χ0) is 14.1. The lowest BCUT2D eigenvalue weighted by atomic mass is 10.2. The molecule has 19 heavy (non-hydrogen) atoms. The van der Waals surface area contributed by atoms with E-state index in [2.05, 4.69) is 28.7 Å². The topological polar surface area (TPSA) is 36.9 Å². The summed E-state index contributed by atoms with van der Waals surface area (Å²) in [5.74, 6) is 1.70. The fourth-order valence-corrected chi connectivity index (χ4v) is 1.71. The first kappa shape index (κ1) is 15.1. The molecule has 0 amide bonds. The van der Waals surface area contributed by atoms with Gasteiger partial charge in [0.1, 0.15) is 5.75 Å². The molecule has 0 saturated heterocycles. The Morgan fingerprint density at radius 3 is 2.63 bits per heavy atom. The van der Waals surface area contributed by atoms with E-state index in [-0.39, 0.29) is 0 Å². The second-order valence-corrected chi connectivity index (χ2v) is 4.26. The van der Waals surface area contributed by atoms with Gasteiger partial charge in [-0.2, -0.15) is 0 Å². The maximum Gasteiger partial charge on any atom is 0.198 e. The van der Waals surface area contributed by atoms with Gasteiger partial charge in [-0.05, 0) is 30.3 Å². The van der Waals surface area contributed by atoms with Crippen molar-refractivity contribution in [2.24, 2.45) is 4.99 Å². The average molecular weight is 261 g/mol. The van der Waals surface area contributed by atoms with Crippen LogP contribution in [0, 0.1) is 0 Å². The Hall–Kier alpha value is -1.97. The SMILES string of the molecule is C=CNC(=NCc1ccc(OC)cc1)N(C)CCC. The largest absolute Gasteiger partial charge is 0.497 e. The summed E-state index contributed by atoms with van der Waals surface area (Å²) < 4.78 is 5.13. The van der Waals surface area contributed by atoms with Crippen LogP contribution in [0.2, 0.25) is 0 Å². The number of guanidine groups is 1. The molecule has 4 nitrogen and oxygen atoms in total. The van der Waals surface area contributed by atoms with Gasteiger partial charge in [-0.15, -0.1) is 0 Å². The molecule has 4 heteroatoms. The normalized spacial score (nSPS) is 11.0. The predicted octanol–water partition coefficient (Wildman–Crippen LogP) is 2.63. The highest BCUT2D eigenvalue weighted by Gasteiger charge is 2.03. The van der Waals surface area contributed by atoms with E-state index >= 15 is 0 Å². The molecule has 0 fully saturated rings. The van der Waals surface area contributed by atoms with Crippen molar-refractivity contribution in [3.8, 4) is 5.75 Å². The summed E-state index contributed by atoms with van der Waals surface area (Å²) in [5.41, 5.74) is 1.15. The van der Waals surface area contributed by atoms with Crippen LogP contribution >= 0.6 is 0 Å². The van der Waals surface area contributed by atoms with Crippen LogP contribution in [0.15, 0.2) is 42.0 Å². The van der Waals surface area contributed by atoms with Gasteiger partial charge in [0.05, 0.1) is 13.7 Å². The van der Waals surface area contributed by atoms with Crippen molar-refractivity contribution in [2.45, 2.75) is 19.9 Å². The van der Waals surface area contributed by atoms with E-state index in [1.807, 2.05) is 31.3 Å². The molecular weight excluding hydrogens is 238 g/mol. The summed E-state index contributed by atoms with van der Waals surface area (Å²) in [6.07, 6.45) is 2.73. The van der Waals surface area contributed by atoms with Crippen LogP contribution in [-0.2, 0) is 6.54 Å². The number of benzene rings is 1. The number of hydrogen-bond donors (Lipinski definition) is 1. The predicted molar refractivity (Wildman–Crippen MR) is 80.4 cm³/mol. The minimum atomic E-state index is 0.633. The third kappa shape index (κ3) is 5.04. The number of nitrogens with one attached hydrogen (secondary N) is 1. The summed E-state index contributed by atoms with van der Waals surface area (Å²) in [6, 6.07) is 7.93. The maximum absolute atomic E-state index is 5.13. The summed E-state index contributed by atoms with van der Waals surface area (Å²) >= 11 is 0. The third-order valence-corrected chi connectivity index (χ3v) is 2.72. The zero-order valence-electron chi connectivity index (χ0n) is 12.0. The molecule has 0 unspecified atom stereocenters. The molecule has 1 N–H and O–H groups in total. The lowest BCUT2D eigenvalue weighted by Gasteiger charge is -2.20. The summed E-state index contributed by atoms with van der Waals surface area (Å²) in [6.45, 7) is 7.42. The van der Waals surface area contributed by atoms with Crippen molar-refractivity contribution < 1.29 is 4.74 Å². The van der Waals surface area contributed by atoms with Gasteiger partial charge in [0.15, 0.2) is 5.96 Å². The molecule has 0 atom stereocenters. The van der Waals surface area contributed by atoms with Gasteiger partial charge < -0.3 is 15.0 Å². The van der Waals surface area contributed by atoms with E-state index in [0.717, 1.165) is 30.2 Å². The number of nitrogens with zero attached hydrogens (tertiary/aromatic N) is 2. The summed E-state index contributed by atoms with van der Waals surface area (Å²) in [4.78, 5) is 6.67. The molecule has 0 radical (unpaired) electrons. The van der Waals surface area contributed by atoms with Gasteiger partial charge in [0.2, 0.25) is 0 Å². The van der Waals surface area contributed by atoms with Gasteiger partial charge >= 0.3 is 0 Å². The molecule has 0 saturated carbocycles. The minimum absolute atomic E-state index is 0.633. The first-order chi connectivity index (χ1) is 9.21. The molecule has 1 aromatic rings. The van der Waals surface area contributed by atoms with Gasteiger partial charge in [0, 0.05) is 13.6 Å². The highest BCUT2D eigenvalue weighted by molar-refractivity contribution is 5.80. The van der Waals surface area contributed by atoms with Crippen LogP contribution in [0.1, 0.15) is 18.9 Å². The number of methoxy groups -OCH3 is 1. The van der Waals surface area contributed by atoms with Gasteiger partial charge in [-0.25, -0.2) is 4.99 Å². The standard InChI is InChI=1S/C15H23N3O/c1-5-11-18(3)15(16-6-2)17-12-13-7-9-14(19-4)10-8-13/h6-10H,2,5,11-12H2,1,3-4H3,(H,16,17). The third-order valence-electron chi connectivity index (χ3n) is 2.72. The smallest absolute Gasteiger partial charge is 0.198 e. The van der Waals surface area contributed by atoms with Gasteiger partial charge in [-0.1, -0.05) is 25.6 Å². The Morgan fingerprint density at radius 1 is 1.42 bits per heavy atom. The van der Waals surface area contributed by atoms with Crippen molar-refractivity contribution in [1.82, 2.24) is 10.2 Å². The minimum Gasteiger partial charge on any atom is -0.497 e. The van der Waals surface area contributed by atoms with Crippen LogP contribution in [0.3, 0.4) is 0 Å². The van der Waals surface area contributed by atoms with Crippen molar-refractivity contribution in [3.05, 3.63) is 42.6 Å². The van der Waals surface area contributed by atoms with Gasteiger partial charge in [-0.3, -0.25) is 0 Å². The number of rotatable bonds is 6. The summed E-state index contributed by atoms with van der Waals surface area (Å²) in [7, 11) is 3.69. The quantitative estimate of drug-likeness (QED) is 0.632. The summed E-state index contributed by atoms with van der Waals surface area (Å²) in [5, 5.41) is 3.08. The van der Waals surface area contributed by atoms with E-state index in [1.165, 1.54) is 0 Å². The molecule has 0 aliphatic carbocycles. The van der Waals surface area contributed by atoms with Crippen LogP contribution < -0.4 is 10.1 Å². The van der Waals surface area contributed by atoms with E-state index in [0.29, 0.717) is 6.54 Å². The number of ether oxygens (including phenoxy) is 1. The highest BCUT2D eigenvalue weighted by Crippen LogP contribution is 2.11. The van der Waals surface area contributed by atoms with E-state index in [9.17, 15) is 0 Å². The molecule has 104 valence electrons. The van der Waals surface area contributed by atoms with Crippen molar-refractivity contribution >= 4 is 5.96 Å². The van der Waals surface area contributed by atoms with Crippen LogP contribution in [0.4, 0.5) is 0 Å². The highest BCUT2D eigenvalue weighted by atomic mass is 16.5. The lowest BCUT2D eigenvalue weighted by Crippen LogP contribution is -2.36. The van der Waals surface area contributed by atoms with Crippen molar-refractivity contribution in [2.75, 3.05) is 20.7 Å². The molecular formula is C15H23N3O. The first-order valence-corrected chi connectivity index (χ1v) is 6.47. The Bertz CT molecular complexity index is 412. The Kier molecular flexibility index (Phi) is 6.50. The van der Waals surface area contributed by atoms with E-state index in [1.54, 1.807) is 13.3 Å². The van der Waals surface area contributed by atoms with Crippen molar-refractivity contribution in [1.29, 1.82) is 0 Å². The fraction of sp³-hybridized carbons (Fsp3) is 0.400. The number of aliphatic imine (C=N–C) groups is 1. The molecule has 0 spiro atoms. The fourth-order valence-electron chi connectivity index (χ4n) is 1.71. The monoisotopic (exact) mass is 261 g/mol. The second-order valence-electron chi connectivity index (χ2n) is 4.26. The van der Waals surface area contributed by atoms with Crippen LogP contribution in [0.5, 0.6) is 5.75 Å². The van der Waals surface area contributed by atoms with Crippen LogP contribution in [-0.4, -0.2) is 31.6 Å². The first-order valence-electron chi connectivity index (χ1n) is 6.47. The number of hydrogen-bond acceptors (Lipinski definition) is 2. The second kappa shape index (κ2) is 8.19. The molecule has 0 aromatic heterocycles. The molecule has 0 bridgehead atoms. The molecule has 0 aliphatic heterocycles. The maximum atomic E-state index is 5.13. The Morgan fingerprint density at radius 2 is 2.11 bits per heavy atom. The van der Waals surface area contributed by atoms with Gasteiger partial charge in [0.25, 0.3) is 0 Å². The Balaban J connectivity index is 2.70. The van der Waals surface area contributed by atoms with E-state index < -0.39 is 0 Å². The average Bonchev–Trinajstić information content (AvgIpc) is 2.44. The zero-order valence-corrected chi connectivity index (χ0v) is 12.0. The van der Waals surface area contributed by atoms with E-state index in [4.69, 9.17) is 4.74 Å². The van der Waals surface area contributed by atoms with Crippen molar-refractivity contribution in [3.63, 3.8) is 0 Å². The molecule has 0 heterocycles. The molecule has 0 aliphatic rings. The molecule has 1 aromatic carbocycles. The Labute approximate surface area is 115 Å². The van der Waals surface area contributed by atoms with Crippen LogP contribution in [0.25, 0.3) is 0 Å².